The van der Waals surface area contributed by atoms with Gasteiger partial charge in [-0.05, 0) is 44.9 Å². The minimum atomic E-state index is 1.07. The fraction of sp³-hybridized carbons (Fsp3) is 0.462. The van der Waals surface area contributed by atoms with Gasteiger partial charge in [0.25, 0.3) is 0 Å². The van der Waals surface area contributed by atoms with Crippen LogP contribution in [0.5, 0.6) is 0 Å². The van der Waals surface area contributed by atoms with Gasteiger partial charge in [0.1, 0.15) is 0 Å². The van der Waals surface area contributed by atoms with Gasteiger partial charge in [-0.25, -0.2) is 0 Å². The van der Waals surface area contributed by atoms with E-state index in [0.717, 1.165) is 11.4 Å². The van der Waals surface area contributed by atoms with E-state index < -0.39 is 0 Å². The van der Waals surface area contributed by atoms with E-state index >= 15 is 0 Å². The van der Waals surface area contributed by atoms with Gasteiger partial charge in [0, 0.05) is 25.4 Å². The number of nitrogens with zero attached hydrogens (tertiary/aromatic N) is 1. The molecule has 1 aliphatic carbocycles. The highest BCUT2D eigenvalue weighted by molar-refractivity contribution is 6.13. The third-order valence-electron chi connectivity index (χ3n) is 2.89. The van der Waals surface area contributed by atoms with Gasteiger partial charge in [0.05, 0.1) is 5.71 Å². The van der Waals surface area contributed by atoms with Crippen molar-refractivity contribution in [2.45, 2.75) is 27.7 Å². The fourth-order valence-corrected chi connectivity index (χ4v) is 1.97. The van der Waals surface area contributed by atoms with Crippen LogP contribution in [0, 0.1) is 0 Å². The second kappa shape index (κ2) is 4.47. The quantitative estimate of drug-likeness (QED) is 0.698. The van der Waals surface area contributed by atoms with E-state index in [1.807, 2.05) is 14.1 Å². The van der Waals surface area contributed by atoms with Crippen molar-refractivity contribution >= 4 is 5.71 Å². The Morgan fingerprint density at radius 2 is 1.80 bits per heavy atom. The molecule has 0 radical (unpaired) electrons. The summed E-state index contributed by atoms with van der Waals surface area (Å²) < 4.78 is 0. The van der Waals surface area contributed by atoms with Crippen LogP contribution in [0.15, 0.2) is 39.1 Å². The molecule has 0 bridgehead atoms. The molecule has 0 aliphatic heterocycles. The molecule has 0 saturated carbocycles. The van der Waals surface area contributed by atoms with E-state index in [0.29, 0.717) is 0 Å². The highest BCUT2D eigenvalue weighted by Gasteiger charge is 2.18. The molecule has 1 rings (SSSR count). The molecule has 0 aromatic carbocycles. The minimum absolute atomic E-state index is 1.07. The topological polar surface area (TPSA) is 24.4 Å². The molecular formula is C13H20N2. The predicted octanol–water partition coefficient (Wildman–Crippen LogP) is 2.85. The van der Waals surface area contributed by atoms with E-state index in [4.69, 9.17) is 0 Å². The van der Waals surface area contributed by atoms with Crippen LogP contribution in [0.4, 0.5) is 0 Å². The lowest BCUT2D eigenvalue weighted by Gasteiger charge is -2.22. The molecule has 1 N–H and O–H groups in total. The van der Waals surface area contributed by atoms with E-state index in [2.05, 4.69) is 44.1 Å². The van der Waals surface area contributed by atoms with Gasteiger partial charge < -0.3 is 5.32 Å². The summed E-state index contributed by atoms with van der Waals surface area (Å²) in [5.74, 6) is 0. The first-order valence-electron chi connectivity index (χ1n) is 5.25. The van der Waals surface area contributed by atoms with Gasteiger partial charge in [-0.1, -0.05) is 5.57 Å². The third-order valence-corrected chi connectivity index (χ3v) is 2.89. The first kappa shape index (κ1) is 11.8. The van der Waals surface area contributed by atoms with Crippen molar-refractivity contribution in [2.75, 3.05) is 14.1 Å². The second-order valence-electron chi connectivity index (χ2n) is 4.04. The van der Waals surface area contributed by atoms with E-state index in [1.54, 1.807) is 0 Å². The van der Waals surface area contributed by atoms with Crippen LogP contribution in [-0.2, 0) is 0 Å². The van der Waals surface area contributed by atoms with Crippen molar-refractivity contribution in [1.82, 2.24) is 5.32 Å². The zero-order valence-corrected chi connectivity index (χ0v) is 10.5. The maximum Gasteiger partial charge on any atom is 0.0665 e. The number of hydrogen-bond donors (Lipinski definition) is 1. The van der Waals surface area contributed by atoms with Gasteiger partial charge in [-0.3, -0.25) is 4.99 Å². The summed E-state index contributed by atoms with van der Waals surface area (Å²) in [6, 6.07) is 0. The molecule has 2 heteroatoms. The summed E-state index contributed by atoms with van der Waals surface area (Å²) in [5, 5.41) is 3.21. The minimum Gasteiger partial charge on any atom is -0.388 e. The van der Waals surface area contributed by atoms with Gasteiger partial charge >= 0.3 is 0 Å². The molecular weight excluding hydrogens is 184 g/mol. The Hall–Kier alpha value is -1.31. The molecule has 0 aromatic heterocycles. The Morgan fingerprint density at radius 3 is 2.20 bits per heavy atom. The number of likely N-dealkylation sites (N-methyl/N-ethyl adjacent to an activating group) is 1. The molecule has 15 heavy (non-hydrogen) atoms. The SMILES string of the molecule is C/N=C1\C=C(NC)C(C)=C(C)C1=C(C)C. The standard InChI is InChI=1S/C13H20N2/c1-8(2)13-10(4)9(3)11(14-5)7-12(13)15-6/h7,14H,1-6H3/b15-12+. The number of nitrogens with one attached hydrogen (secondary N) is 1. The van der Waals surface area contributed by atoms with E-state index in [-0.39, 0.29) is 0 Å². The van der Waals surface area contributed by atoms with Crippen LogP contribution in [0.25, 0.3) is 0 Å². The van der Waals surface area contributed by atoms with E-state index in [9.17, 15) is 0 Å². The molecule has 0 fully saturated rings. The predicted molar refractivity (Wildman–Crippen MR) is 67.2 cm³/mol. The van der Waals surface area contributed by atoms with Crippen molar-refractivity contribution in [1.29, 1.82) is 0 Å². The summed E-state index contributed by atoms with van der Waals surface area (Å²) in [7, 11) is 3.79. The molecule has 2 nitrogen and oxygen atoms in total. The van der Waals surface area contributed by atoms with Gasteiger partial charge in [0.15, 0.2) is 0 Å². The van der Waals surface area contributed by atoms with Crippen molar-refractivity contribution < 1.29 is 0 Å². The largest absolute Gasteiger partial charge is 0.388 e. The van der Waals surface area contributed by atoms with Gasteiger partial charge in [-0.15, -0.1) is 0 Å². The summed E-state index contributed by atoms with van der Waals surface area (Å²) in [4.78, 5) is 4.34. The maximum atomic E-state index is 4.34. The van der Waals surface area contributed by atoms with Crippen LogP contribution >= 0.6 is 0 Å². The first-order chi connectivity index (χ1) is 7.02. The number of allylic oxidation sites excluding steroid dienone is 5. The van der Waals surface area contributed by atoms with Crippen LogP contribution < -0.4 is 5.32 Å². The summed E-state index contributed by atoms with van der Waals surface area (Å²) >= 11 is 0. The monoisotopic (exact) mass is 204 g/mol. The van der Waals surface area contributed by atoms with Crippen LogP contribution in [-0.4, -0.2) is 19.8 Å². The lowest BCUT2D eigenvalue weighted by Crippen LogP contribution is -2.18. The number of rotatable bonds is 1. The molecule has 0 unspecified atom stereocenters. The fourth-order valence-electron chi connectivity index (χ4n) is 1.97. The molecule has 0 atom stereocenters. The van der Waals surface area contributed by atoms with Crippen molar-refractivity contribution in [3.8, 4) is 0 Å². The Morgan fingerprint density at radius 1 is 1.20 bits per heavy atom. The second-order valence-corrected chi connectivity index (χ2v) is 4.04. The smallest absolute Gasteiger partial charge is 0.0665 e. The average molecular weight is 204 g/mol. The average Bonchev–Trinajstić information content (AvgIpc) is 2.20. The van der Waals surface area contributed by atoms with Crippen molar-refractivity contribution in [2.24, 2.45) is 4.99 Å². The lowest BCUT2D eigenvalue weighted by molar-refractivity contribution is 0.983. The van der Waals surface area contributed by atoms with Crippen LogP contribution in [0.3, 0.4) is 0 Å². The Bertz CT molecular complexity index is 389. The molecule has 0 amide bonds. The Kier molecular flexibility index (Phi) is 3.51. The molecule has 0 heterocycles. The third kappa shape index (κ3) is 2.04. The summed E-state index contributed by atoms with van der Waals surface area (Å²) in [6.45, 7) is 8.57. The zero-order chi connectivity index (χ0) is 11.6. The highest BCUT2D eigenvalue weighted by Crippen LogP contribution is 2.28. The van der Waals surface area contributed by atoms with Gasteiger partial charge in [0.2, 0.25) is 0 Å². The van der Waals surface area contributed by atoms with Crippen LogP contribution in [0.2, 0.25) is 0 Å². The molecule has 0 aromatic rings. The molecule has 1 aliphatic rings. The normalized spacial score (nSPS) is 19.5. The lowest BCUT2D eigenvalue weighted by atomic mass is 9.88. The Balaban J connectivity index is 3.41. The van der Waals surface area contributed by atoms with Crippen LogP contribution in [0.1, 0.15) is 27.7 Å². The molecule has 0 spiro atoms. The first-order valence-corrected chi connectivity index (χ1v) is 5.25. The van der Waals surface area contributed by atoms with Crippen molar-refractivity contribution in [3.05, 3.63) is 34.1 Å². The summed E-state index contributed by atoms with van der Waals surface area (Å²) in [5.41, 5.74) is 7.47. The maximum absolute atomic E-state index is 4.34. The van der Waals surface area contributed by atoms with E-state index in [1.165, 1.54) is 22.3 Å². The zero-order valence-electron chi connectivity index (χ0n) is 10.5. The number of hydrogen-bond acceptors (Lipinski definition) is 2. The van der Waals surface area contributed by atoms with Crippen molar-refractivity contribution in [3.63, 3.8) is 0 Å². The highest BCUT2D eigenvalue weighted by atomic mass is 14.8. The molecule has 82 valence electrons. The molecule has 0 saturated heterocycles. The Labute approximate surface area is 92.5 Å². The number of aliphatic imine (C=N–C) groups is 1. The van der Waals surface area contributed by atoms with Gasteiger partial charge in [-0.2, -0.15) is 0 Å². The summed E-state index contributed by atoms with van der Waals surface area (Å²) in [6.07, 6.45) is 2.12.